The summed E-state index contributed by atoms with van der Waals surface area (Å²) in [6.45, 7) is 1.23. The number of anilines is 3. The second-order valence-corrected chi connectivity index (χ2v) is 5.36. The molecular weight excluding hydrogens is 342 g/mol. The second-order valence-electron chi connectivity index (χ2n) is 4.93. The number of nitriles is 1. The summed E-state index contributed by atoms with van der Waals surface area (Å²) in [5, 5.41) is 12.4. The first-order valence-electron chi connectivity index (χ1n) is 7.11. The Labute approximate surface area is 149 Å². The van der Waals surface area contributed by atoms with Crippen molar-refractivity contribution in [3.63, 3.8) is 0 Å². The summed E-state index contributed by atoms with van der Waals surface area (Å²) in [6, 6.07) is 11.1. The van der Waals surface area contributed by atoms with Crippen LogP contribution in [0.4, 0.5) is 17.2 Å². The predicted molar refractivity (Wildman–Crippen MR) is 95.6 cm³/mol. The third kappa shape index (κ3) is 4.56. The van der Waals surface area contributed by atoms with Crippen LogP contribution in [-0.4, -0.2) is 16.8 Å². The summed E-state index contributed by atoms with van der Waals surface area (Å²) in [5.74, 6) is -0.895. The molecular formula is C17H14ClN5O2. The number of rotatable bonds is 4. The molecule has 0 fully saturated rings. The van der Waals surface area contributed by atoms with Crippen molar-refractivity contribution in [2.45, 2.75) is 6.92 Å². The zero-order valence-electron chi connectivity index (χ0n) is 13.2. The van der Waals surface area contributed by atoms with Crippen LogP contribution in [0.3, 0.4) is 0 Å². The number of imide groups is 1. The molecule has 7 nitrogen and oxygen atoms in total. The zero-order valence-corrected chi connectivity index (χ0v) is 14.0. The van der Waals surface area contributed by atoms with E-state index in [1.54, 1.807) is 30.3 Å². The molecule has 0 radical (unpaired) electrons. The van der Waals surface area contributed by atoms with E-state index in [1.165, 1.54) is 31.5 Å². The van der Waals surface area contributed by atoms with E-state index in [1.807, 2.05) is 0 Å². The number of nitrogens with one attached hydrogen (secondary N) is 1. The molecule has 0 spiro atoms. The third-order valence-corrected chi connectivity index (χ3v) is 3.34. The minimum Gasteiger partial charge on any atom is -0.399 e. The molecule has 1 aromatic heterocycles. The molecule has 2 aromatic rings. The van der Waals surface area contributed by atoms with Crippen molar-refractivity contribution in [3.05, 3.63) is 59.4 Å². The number of nitrogen functional groups attached to an aromatic ring is 1. The molecule has 126 valence electrons. The number of nitrogens with zero attached hydrogens (tertiary/aromatic N) is 3. The van der Waals surface area contributed by atoms with Crippen molar-refractivity contribution in [3.8, 4) is 6.07 Å². The molecule has 1 aromatic carbocycles. The molecule has 25 heavy (non-hydrogen) atoms. The molecule has 2 rings (SSSR count). The van der Waals surface area contributed by atoms with E-state index in [-0.39, 0.29) is 5.57 Å². The van der Waals surface area contributed by atoms with Crippen molar-refractivity contribution in [1.82, 2.24) is 4.98 Å². The minimum absolute atomic E-state index is 0.260. The lowest BCUT2D eigenvalue weighted by molar-refractivity contribution is -0.123. The number of benzene rings is 1. The van der Waals surface area contributed by atoms with Gasteiger partial charge in [-0.3, -0.25) is 9.59 Å². The predicted octanol–water partition coefficient (Wildman–Crippen LogP) is 2.72. The van der Waals surface area contributed by atoms with Gasteiger partial charge in [-0.15, -0.1) is 0 Å². The Morgan fingerprint density at radius 3 is 2.48 bits per heavy atom. The Morgan fingerprint density at radius 1 is 1.28 bits per heavy atom. The van der Waals surface area contributed by atoms with Gasteiger partial charge < -0.3 is 11.1 Å². The summed E-state index contributed by atoms with van der Waals surface area (Å²) >= 11 is 5.74. The van der Waals surface area contributed by atoms with Crippen LogP contribution in [0.5, 0.6) is 0 Å². The largest absolute Gasteiger partial charge is 0.399 e. The van der Waals surface area contributed by atoms with Gasteiger partial charge in [0.1, 0.15) is 17.5 Å². The zero-order chi connectivity index (χ0) is 18.4. The standard InChI is InChI=1S/C17H14ClN5O2/c1-11(24)23(15-5-3-14(20)4-6-15)17(25)12(8-19)9-21-16-7-2-13(18)10-22-16/h2-7,9-10H,20H2,1H3,(H,21,22)/b12-9-. The van der Waals surface area contributed by atoms with Gasteiger partial charge in [-0.25, -0.2) is 9.88 Å². The second kappa shape index (κ2) is 7.95. The maximum Gasteiger partial charge on any atom is 0.277 e. The monoisotopic (exact) mass is 355 g/mol. The number of carbonyl (C=O) groups is 2. The summed E-state index contributed by atoms with van der Waals surface area (Å²) < 4.78 is 0. The molecule has 0 atom stereocenters. The molecule has 0 unspecified atom stereocenters. The van der Waals surface area contributed by atoms with Crippen LogP contribution in [-0.2, 0) is 9.59 Å². The highest BCUT2D eigenvalue weighted by Gasteiger charge is 2.23. The van der Waals surface area contributed by atoms with Crippen LogP contribution in [0.25, 0.3) is 0 Å². The normalized spacial score (nSPS) is 10.7. The molecule has 2 amide bonds. The first-order valence-corrected chi connectivity index (χ1v) is 7.49. The lowest BCUT2D eigenvalue weighted by Crippen LogP contribution is -2.36. The molecule has 0 saturated heterocycles. The van der Waals surface area contributed by atoms with Crippen molar-refractivity contribution >= 4 is 40.6 Å². The van der Waals surface area contributed by atoms with Gasteiger partial charge in [0, 0.05) is 25.0 Å². The lowest BCUT2D eigenvalue weighted by Gasteiger charge is -2.19. The van der Waals surface area contributed by atoms with Crippen LogP contribution in [0.1, 0.15) is 6.92 Å². The lowest BCUT2D eigenvalue weighted by atomic mass is 10.2. The Kier molecular flexibility index (Phi) is 5.71. The maximum atomic E-state index is 12.6. The van der Waals surface area contributed by atoms with Gasteiger partial charge in [0.25, 0.3) is 5.91 Å². The fourth-order valence-electron chi connectivity index (χ4n) is 1.94. The fraction of sp³-hybridized carbons (Fsp3) is 0.0588. The maximum absolute atomic E-state index is 12.6. The molecule has 3 N–H and O–H groups in total. The Bertz CT molecular complexity index is 854. The molecule has 8 heteroatoms. The van der Waals surface area contributed by atoms with Gasteiger partial charge in [-0.1, -0.05) is 11.6 Å². The van der Waals surface area contributed by atoms with Gasteiger partial charge in [0.05, 0.1) is 10.7 Å². The fourth-order valence-corrected chi connectivity index (χ4v) is 2.05. The highest BCUT2D eigenvalue weighted by Crippen LogP contribution is 2.19. The first-order chi connectivity index (χ1) is 11.9. The van der Waals surface area contributed by atoms with Gasteiger partial charge in [-0.05, 0) is 36.4 Å². The van der Waals surface area contributed by atoms with E-state index in [2.05, 4.69) is 10.3 Å². The first kappa shape index (κ1) is 18.0. The summed E-state index contributed by atoms with van der Waals surface area (Å²) in [4.78, 5) is 29.4. The highest BCUT2D eigenvalue weighted by atomic mass is 35.5. The highest BCUT2D eigenvalue weighted by molar-refractivity contribution is 6.30. The quantitative estimate of drug-likeness (QED) is 0.495. The van der Waals surface area contributed by atoms with Crippen molar-refractivity contribution in [1.29, 1.82) is 5.26 Å². The molecule has 0 saturated carbocycles. The SMILES string of the molecule is CC(=O)N(C(=O)/C(C#N)=C\Nc1ccc(Cl)cn1)c1ccc(N)cc1. The van der Waals surface area contributed by atoms with Crippen LogP contribution in [0, 0.1) is 11.3 Å². The number of amides is 2. The van der Waals surface area contributed by atoms with Gasteiger partial charge in [-0.2, -0.15) is 5.26 Å². The number of pyridine rings is 1. The van der Waals surface area contributed by atoms with Crippen LogP contribution < -0.4 is 16.0 Å². The Morgan fingerprint density at radius 2 is 1.96 bits per heavy atom. The summed E-state index contributed by atoms with van der Waals surface area (Å²) in [7, 11) is 0. The van der Waals surface area contributed by atoms with E-state index in [4.69, 9.17) is 17.3 Å². The topological polar surface area (TPSA) is 112 Å². The van der Waals surface area contributed by atoms with Gasteiger partial charge in [0.2, 0.25) is 5.91 Å². The van der Waals surface area contributed by atoms with E-state index in [0.717, 1.165) is 4.90 Å². The van der Waals surface area contributed by atoms with Crippen molar-refractivity contribution < 1.29 is 9.59 Å². The Hall–Kier alpha value is -3.37. The molecule has 0 aliphatic heterocycles. The average molecular weight is 356 g/mol. The molecule has 0 aliphatic carbocycles. The molecule has 1 heterocycles. The number of hydrogen-bond donors (Lipinski definition) is 2. The van der Waals surface area contributed by atoms with Gasteiger partial charge >= 0.3 is 0 Å². The number of halogens is 1. The van der Waals surface area contributed by atoms with E-state index < -0.39 is 11.8 Å². The number of hydrogen-bond acceptors (Lipinski definition) is 6. The van der Waals surface area contributed by atoms with E-state index >= 15 is 0 Å². The average Bonchev–Trinajstić information content (AvgIpc) is 2.58. The van der Waals surface area contributed by atoms with E-state index in [9.17, 15) is 14.9 Å². The molecule has 0 aliphatic rings. The van der Waals surface area contributed by atoms with Crippen molar-refractivity contribution in [2.24, 2.45) is 0 Å². The third-order valence-electron chi connectivity index (χ3n) is 3.11. The van der Waals surface area contributed by atoms with Crippen molar-refractivity contribution in [2.75, 3.05) is 16.0 Å². The number of carbonyl (C=O) groups excluding carboxylic acids is 2. The minimum atomic E-state index is -0.763. The summed E-state index contributed by atoms with van der Waals surface area (Å²) in [5.41, 5.74) is 6.16. The number of nitrogens with two attached hydrogens (primary N) is 1. The van der Waals surface area contributed by atoms with Crippen LogP contribution in [0.2, 0.25) is 5.02 Å². The van der Waals surface area contributed by atoms with E-state index in [0.29, 0.717) is 22.2 Å². The smallest absolute Gasteiger partial charge is 0.277 e. The van der Waals surface area contributed by atoms with Crippen LogP contribution >= 0.6 is 11.6 Å². The number of aromatic nitrogens is 1. The van der Waals surface area contributed by atoms with Crippen LogP contribution in [0.15, 0.2) is 54.4 Å². The van der Waals surface area contributed by atoms with Gasteiger partial charge in [0.15, 0.2) is 0 Å². The Balaban J connectivity index is 2.27. The summed E-state index contributed by atoms with van der Waals surface area (Å²) in [6.07, 6.45) is 2.60. The molecule has 0 bridgehead atoms.